The Morgan fingerprint density at radius 2 is 2.11 bits per heavy atom. The number of fused-ring (bicyclic) bond motifs is 1. The molecule has 1 amide bonds. The molecule has 6 nitrogen and oxygen atoms in total. The summed E-state index contributed by atoms with van der Waals surface area (Å²) in [7, 11) is 0. The molecule has 0 radical (unpaired) electrons. The third-order valence-electron chi connectivity index (χ3n) is 3.96. The Kier molecular flexibility index (Phi) is 6.39. The first-order chi connectivity index (χ1) is 13.3. The molecule has 8 heteroatoms. The maximum absolute atomic E-state index is 12.8. The zero-order valence-electron chi connectivity index (χ0n) is 15.5. The topological polar surface area (TPSA) is 84.2 Å². The first-order valence-corrected chi connectivity index (χ1v) is 10.1. The number of thioether (sulfide) groups is 1. The molecule has 3 aromatic rings. The van der Waals surface area contributed by atoms with E-state index in [1.165, 1.54) is 4.57 Å². The third kappa shape index (κ3) is 4.92. The van der Waals surface area contributed by atoms with Crippen molar-refractivity contribution < 1.29 is 9.90 Å². The number of hydrogen-bond donors (Lipinski definition) is 2. The smallest absolute Gasteiger partial charge is 0.262 e. The fraction of sp³-hybridized carbons (Fsp3) is 0.250. The number of benzene rings is 2. The van der Waals surface area contributed by atoms with Gasteiger partial charge < -0.3 is 10.4 Å². The first-order valence-electron chi connectivity index (χ1n) is 8.71. The van der Waals surface area contributed by atoms with Crippen LogP contribution in [0.15, 0.2) is 52.4 Å². The highest BCUT2D eigenvalue weighted by atomic mass is 35.5. The van der Waals surface area contributed by atoms with E-state index < -0.39 is 6.10 Å². The number of rotatable bonds is 6. The molecule has 0 unspecified atom stereocenters. The van der Waals surface area contributed by atoms with Crippen LogP contribution in [0.1, 0.15) is 12.5 Å². The lowest BCUT2D eigenvalue weighted by Gasteiger charge is -2.14. The Morgan fingerprint density at radius 3 is 2.82 bits per heavy atom. The molecule has 146 valence electrons. The van der Waals surface area contributed by atoms with E-state index in [9.17, 15) is 14.7 Å². The van der Waals surface area contributed by atoms with Crippen molar-refractivity contribution in [2.24, 2.45) is 0 Å². The van der Waals surface area contributed by atoms with Crippen LogP contribution in [0.2, 0.25) is 5.02 Å². The van der Waals surface area contributed by atoms with Crippen LogP contribution in [-0.2, 0) is 11.3 Å². The lowest BCUT2D eigenvalue weighted by atomic mass is 10.2. The van der Waals surface area contributed by atoms with E-state index in [2.05, 4.69) is 10.3 Å². The van der Waals surface area contributed by atoms with Gasteiger partial charge in [-0.1, -0.05) is 35.5 Å². The lowest BCUT2D eigenvalue weighted by Crippen LogP contribution is -2.28. The van der Waals surface area contributed by atoms with Crippen LogP contribution >= 0.6 is 23.4 Å². The van der Waals surface area contributed by atoms with Crippen LogP contribution in [0.5, 0.6) is 0 Å². The van der Waals surface area contributed by atoms with Crippen LogP contribution < -0.4 is 10.9 Å². The monoisotopic (exact) mass is 417 g/mol. The van der Waals surface area contributed by atoms with Crippen molar-refractivity contribution in [2.45, 2.75) is 31.7 Å². The predicted molar refractivity (Wildman–Crippen MR) is 113 cm³/mol. The molecule has 1 aromatic heterocycles. The maximum Gasteiger partial charge on any atom is 0.262 e. The van der Waals surface area contributed by atoms with E-state index in [4.69, 9.17) is 11.6 Å². The number of aromatic nitrogens is 2. The highest BCUT2D eigenvalue weighted by molar-refractivity contribution is 7.99. The normalized spacial score (nSPS) is 12.1. The van der Waals surface area contributed by atoms with Crippen LogP contribution in [-0.4, -0.2) is 32.4 Å². The first kappa shape index (κ1) is 20.4. The van der Waals surface area contributed by atoms with E-state index in [1.54, 1.807) is 25.1 Å². The van der Waals surface area contributed by atoms with Crippen molar-refractivity contribution in [1.29, 1.82) is 0 Å². The van der Waals surface area contributed by atoms with Crippen molar-refractivity contribution >= 4 is 45.9 Å². The Labute approximate surface area is 171 Å². The largest absolute Gasteiger partial charge is 0.392 e. The van der Waals surface area contributed by atoms with Gasteiger partial charge in [-0.2, -0.15) is 0 Å². The van der Waals surface area contributed by atoms with E-state index in [0.29, 0.717) is 26.8 Å². The number of carbonyl (C=O) groups excluding carboxylic acids is 1. The second-order valence-electron chi connectivity index (χ2n) is 6.53. The standard InChI is InChI=1S/C20H20ClN3O3S/c1-12-4-3-5-15(8-12)22-18(26)11-28-20-23-17-9-14(21)6-7-16(17)19(27)24(20)10-13(2)25/h3-9,13,25H,10-11H2,1-2H3,(H,22,26)/t13-/m0/s1. The average molecular weight is 418 g/mol. The predicted octanol–water partition coefficient (Wildman–Crippen LogP) is 3.47. The summed E-state index contributed by atoms with van der Waals surface area (Å²) >= 11 is 7.16. The second kappa shape index (κ2) is 8.77. The Balaban J connectivity index is 1.86. The van der Waals surface area contributed by atoms with Gasteiger partial charge in [0.15, 0.2) is 5.16 Å². The quantitative estimate of drug-likeness (QED) is 0.474. The zero-order chi connectivity index (χ0) is 20.3. The Bertz CT molecular complexity index is 1080. The van der Waals surface area contributed by atoms with Gasteiger partial charge in [0.25, 0.3) is 5.56 Å². The molecule has 0 aliphatic rings. The van der Waals surface area contributed by atoms with Gasteiger partial charge in [0.05, 0.1) is 29.3 Å². The number of amides is 1. The number of hydrogen-bond acceptors (Lipinski definition) is 5. The van der Waals surface area contributed by atoms with Crippen molar-refractivity contribution in [1.82, 2.24) is 9.55 Å². The number of aliphatic hydroxyl groups excluding tert-OH is 1. The lowest BCUT2D eigenvalue weighted by molar-refractivity contribution is -0.113. The van der Waals surface area contributed by atoms with Gasteiger partial charge in [0, 0.05) is 10.7 Å². The van der Waals surface area contributed by atoms with Gasteiger partial charge in [0.2, 0.25) is 5.91 Å². The van der Waals surface area contributed by atoms with Gasteiger partial charge in [-0.3, -0.25) is 14.2 Å². The molecule has 2 N–H and O–H groups in total. The van der Waals surface area contributed by atoms with Gasteiger partial charge in [0.1, 0.15) is 0 Å². The number of nitrogens with zero attached hydrogens (tertiary/aromatic N) is 2. The minimum absolute atomic E-state index is 0.0757. The minimum Gasteiger partial charge on any atom is -0.392 e. The van der Waals surface area contributed by atoms with Crippen molar-refractivity contribution in [2.75, 3.05) is 11.1 Å². The van der Waals surface area contributed by atoms with Crippen molar-refractivity contribution in [3.63, 3.8) is 0 Å². The fourth-order valence-electron chi connectivity index (χ4n) is 2.76. The molecule has 1 heterocycles. The maximum atomic E-state index is 12.8. The average Bonchev–Trinajstić information content (AvgIpc) is 2.62. The van der Waals surface area contributed by atoms with Crippen LogP contribution in [0.25, 0.3) is 10.9 Å². The highest BCUT2D eigenvalue weighted by Gasteiger charge is 2.15. The molecule has 3 rings (SSSR count). The second-order valence-corrected chi connectivity index (χ2v) is 7.91. The fourth-order valence-corrected chi connectivity index (χ4v) is 3.73. The Hall–Kier alpha value is -2.35. The van der Waals surface area contributed by atoms with Gasteiger partial charge in [-0.15, -0.1) is 0 Å². The summed E-state index contributed by atoms with van der Waals surface area (Å²) in [4.78, 5) is 29.6. The molecule has 0 bridgehead atoms. The summed E-state index contributed by atoms with van der Waals surface area (Å²) in [6.07, 6.45) is -0.732. The van der Waals surface area contributed by atoms with Gasteiger partial charge in [-0.05, 0) is 49.7 Å². The van der Waals surface area contributed by atoms with Crippen LogP contribution in [0.3, 0.4) is 0 Å². The molecule has 0 fully saturated rings. The zero-order valence-corrected chi connectivity index (χ0v) is 17.0. The van der Waals surface area contributed by atoms with E-state index in [-0.39, 0.29) is 23.8 Å². The molecule has 0 aliphatic heterocycles. The summed E-state index contributed by atoms with van der Waals surface area (Å²) in [5, 5.41) is 13.9. The molecule has 0 saturated carbocycles. The summed E-state index contributed by atoms with van der Waals surface area (Å²) in [5.41, 5.74) is 1.94. The molecule has 28 heavy (non-hydrogen) atoms. The van der Waals surface area contributed by atoms with E-state index in [1.807, 2.05) is 31.2 Å². The van der Waals surface area contributed by atoms with E-state index in [0.717, 1.165) is 17.3 Å². The molecular weight excluding hydrogens is 398 g/mol. The Morgan fingerprint density at radius 1 is 1.32 bits per heavy atom. The number of halogens is 1. The number of aryl methyl sites for hydroxylation is 1. The summed E-state index contributed by atoms with van der Waals surface area (Å²) in [5.74, 6) is -0.133. The number of carbonyl (C=O) groups is 1. The third-order valence-corrected chi connectivity index (χ3v) is 5.17. The van der Waals surface area contributed by atoms with Gasteiger partial charge >= 0.3 is 0 Å². The molecule has 0 spiro atoms. The summed E-state index contributed by atoms with van der Waals surface area (Å²) in [6, 6.07) is 12.4. The van der Waals surface area contributed by atoms with Gasteiger partial charge in [-0.25, -0.2) is 4.98 Å². The minimum atomic E-state index is -0.732. The SMILES string of the molecule is Cc1cccc(NC(=O)CSc2nc3cc(Cl)ccc3c(=O)n2C[C@H](C)O)c1. The number of nitrogens with one attached hydrogen (secondary N) is 1. The molecule has 0 saturated heterocycles. The molecular formula is C20H20ClN3O3S. The van der Waals surface area contributed by atoms with E-state index >= 15 is 0 Å². The highest BCUT2D eigenvalue weighted by Crippen LogP contribution is 2.21. The van der Waals surface area contributed by atoms with Crippen molar-refractivity contribution in [3.8, 4) is 0 Å². The van der Waals surface area contributed by atoms with Crippen LogP contribution in [0.4, 0.5) is 5.69 Å². The van der Waals surface area contributed by atoms with Crippen LogP contribution in [0, 0.1) is 6.92 Å². The molecule has 0 aliphatic carbocycles. The number of aliphatic hydroxyl groups is 1. The molecule has 2 aromatic carbocycles. The summed E-state index contributed by atoms with van der Waals surface area (Å²) in [6.45, 7) is 3.63. The number of anilines is 1. The van der Waals surface area contributed by atoms with Crippen molar-refractivity contribution in [3.05, 3.63) is 63.4 Å². The molecule has 1 atom stereocenters. The summed E-state index contributed by atoms with van der Waals surface area (Å²) < 4.78 is 1.39.